The van der Waals surface area contributed by atoms with E-state index in [1.807, 2.05) is 0 Å². The lowest BCUT2D eigenvalue weighted by Gasteiger charge is -2.41. The maximum absolute atomic E-state index is 12.7. The number of nitrogens with zero attached hydrogens (tertiary/aromatic N) is 4. The molecule has 27 heavy (non-hydrogen) atoms. The summed E-state index contributed by atoms with van der Waals surface area (Å²) in [5.74, 6) is -1.65. The molecule has 0 aromatic carbocycles. The Kier molecular flexibility index (Phi) is 7.16. The average Bonchev–Trinajstić information content (AvgIpc) is 2.66. The Bertz CT molecular complexity index is 617. The number of amides is 2. The van der Waals surface area contributed by atoms with Crippen LogP contribution in [0.5, 0.6) is 0 Å². The largest absolute Gasteiger partial charge is 0.480 e. The van der Waals surface area contributed by atoms with Gasteiger partial charge in [0.15, 0.2) is 0 Å². The van der Waals surface area contributed by atoms with Gasteiger partial charge in [-0.1, -0.05) is 20.8 Å². The van der Waals surface area contributed by atoms with Crippen LogP contribution in [0.1, 0.15) is 20.8 Å². The van der Waals surface area contributed by atoms with Crippen molar-refractivity contribution in [3.63, 3.8) is 0 Å². The van der Waals surface area contributed by atoms with Crippen LogP contribution in [-0.2, 0) is 14.4 Å². The highest BCUT2D eigenvalue weighted by atomic mass is 16.4. The predicted octanol–water partition coefficient (Wildman–Crippen LogP) is -0.800. The number of hydrogen-bond donors (Lipinski definition) is 2. The summed E-state index contributed by atoms with van der Waals surface area (Å²) >= 11 is 0. The zero-order valence-electron chi connectivity index (χ0n) is 16.2. The third kappa shape index (κ3) is 5.17. The summed E-state index contributed by atoms with van der Waals surface area (Å²) in [6, 6.07) is 0.943. The van der Waals surface area contributed by atoms with Gasteiger partial charge in [0.05, 0.1) is 6.07 Å². The molecule has 0 aromatic heterocycles. The minimum absolute atomic E-state index is 0.0478. The van der Waals surface area contributed by atoms with Gasteiger partial charge >= 0.3 is 5.97 Å². The minimum atomic E-state index is -0.984. The van der Waals surface area contributed by atoms with E-state index in [0.29, 0.717) is 39.3 Å². The number of aliphatic carboxylic acids is 1. The van der Waals surface area contributed by atoms with Crippen LogP contribution in [0.4, 0.5) is 0 Å². The average molecular weight is 379 g/mol. The van der Waals surface area contributed by atoms with Crippen molar-refractivity contribution < 1.29 is 19.5 Å². The molecule has 3 atom stereocenters. The number of hydrogen-bond acceptors (Lipinski definition) is 6. The Morgan fingerprint density at radius 2 is 1.78 bits per heavy atom. The number of nitriles is 1. The lowest BCUT2D eigenvalue weighted by atomic mass is 10.0. The van der Waals surface area contributed by atoms with Crippen molar-refractivity contribution in [3.8, 4) is 6.07 Å². The second kappa shape index (κ2) is 9.15. The van der Waals surface area contributed by atoms with E-state index < -0.39 is 12.0 Å². The van der Waals surface area contributed by atoms with Crippen LogP contribution in [-0.4, -0.2) is 95.5 Å². The van der Waals surface area contributed by atoms with Crippen molar-refractivity contribution in [1.82, 2.24) is 20.0 Å². The number of carboxylic acid groups (broad SMARTS) is 1. The highest BCUT2D eigenvalue weighted by molar-refractivity contribution is 5.81. The van der Waals surface area contributed by atoms with E-state index in [4.69, 9.17) is 5.26 Å². The molecule has 0 bridgehead atoms. The Labute approximate surface area is 159 Å². The summed E-state index contributed by atoms with van der Waals surface area (Å²) in [5, 5.41) is 21.7. The first-order chi connectivity index (χ1) is 12.7. The molecule has 0 aliphatic carbocycles. The van der Waals surface area contributed by atoms with E-state index in [9.17, 15) is 19.5 Å². The standard InChI is InChI=1S/C18H29N5O4/c1-12(2)16(24)23-7-6-21(15(11-23)18(26)27)9-13(3)17(25)22-5-4-20-14(8-19)10-22/h12-15,20H,4-7,9-11H2,1-3H3,(H,26,27)/t13?,14-,15-/m1/s1. The molecule has 2 aliphatic rings. The van der Waals surface area contributed by atoms with Crippen molar-refractivity contribution in [1.29, 1.82) is 5.26 Å². The van der Waals surface area contributed by atoms with E-state index in [1.165, 1.54) is 0 Å². The smallest absolute Gasteiger partial charge is 0.322 e. The number of nitrogens with one attached hydrogen (secondary N) is 1. The number of rotatable bonds is 5. The Morgan fingerprint density at radius 3 is 2.37 bits per heavy atom. The van der Waals surface area contributed by atoms with Crippen LogP contribution < -0.4 is 5.32 Å². The van der Waals surface area contributed by atoms with Gasteiger partial charge < -0.3 is 14.9 Å². The van der Waals surface area contributed by atoms with E-state index in [2.05, 4.69) is 11.4 Å². The third-order valence-electron chi connectivity index (χ3n) is 5.15. The van der Waals surface area contributed by atoms with Gasteiger partial charge in [-0.2, -0.15) is 5.26 Å². The molecule has 1 unspecified atom stereocenters. The van der Waals surface area contributed by atoms with E-state index >= 15 is 0 Å². The molecule has 150 valence electrons. The van der Waals surface area contributed by atoms with Gasteiger partial charge in [0.2, 0.25) is 11.8 Å². The molecule has 2 heterocycles. The van der Waals surface area contributed by atoms with E-state index in [1.54, 1.807) is 35.5 Å². The molecule has 2 aliphatic heterocycles. The quantitative estimate of drug-likeness (QED) is 0.642. The predicted molar refractivity (Wildman–Crippen MR) is 97.6 cm³/mol. The molecule has 2 saturated heterocycles. The van der Waals surface area contributed by atoms with Gasteiger partial charge in [0, 0.05) is 57.6 Å². The number of carboxylic acids is 1. The van der Waals surface area contributed by atoms with Gasteiger partial charge in [-0.15, -0.1) is 0 Å². The van der Waals surface area contributed by atoms with Gasteiger partial charge in [0.25, 0.3) is 0 Å². The fraction of sp³-hybridized carbons (Fsp3) is 0.778. The highest BCUT2D eigenvalue weighted by Gasteiger charge is 2.37. The molecule has 2 N–H and O–H groups in total. The Morgan fingerprint density at radius 1 is 1.11 bits per heavy atom. The number of carbonyl (C=O) groups is 3. The van der Waals surface area contributed by atoms with Crippen molar-refractivity contribution in [2.24, 2.45) is 11.8 Å². The molecule has 2 fully saturated rings. The van der Waals surface area contributed by atoms with Crippen molar-refractivity contribution in [3.05, 3.63) is 0 Å². The van der Waals surface area contributed by atoms with Crippen molar-refractivity contribution >= 4 is 17.8 Å². The Hall–Kier alpha value is -2.18. The molecule has 9 heteroatoms. The number of carbonyl (C=O) groups excluding carboxylic acids is 2. The second-order valence-electron chi connectivity index (χ2n) is 7.61. The molecule has 0 spiro atoms. The molecule has 0 radical (unpaired) electrons. The number of piperazine rings is 2. The molecular weight excluding hydrogens is 350 g/mol. The monoisotopic (exact) mass is 379 g/mol. The molecule has 9 nitrogen and oxygen atoms in total. The maximum Gasteiger partial charge on any atom is 0.322 e. The van der Waals surface area contributed by atoms with Crippen LogP contribution in [0.3, 0.4) is 0 Å². The highest BCUT2D eigenvalue weighted by Crippen LogP contribution is 2.16. The fourth-order valence-corrected chi connectivity index (χ4v) is 3.62. The van der Waals surface area contributed by atoms with E-state index in [0.717, 1.165) is 0 Å². The first kappa shape index (κ1) is 21.1. The van der Waals surface area contributed by atoms with Gasteiger partial charge in [-0.05, 0) is 0 Å². The summed E-state index contributed by atoms with van der Waals surface area (Å²) in [5.41, 5.74) is 0. The van der Waals surface area contributed by atoms with Crippen molar-refractivity contribution in [2.75, 3.05) is 45.8 Å². The summed E-state index contributed by atoms with van der Waals surface area (Å²) in [6.45, 7) is 8.19. The molecule has 0 saturated carbocycles. The molecular formula is C18H29N5O4. The topological polar surface area (TPSA) is 117 Å². The normalized spacial score (nSPS) is 25.1. The maximum atomic E-state index is 12.7. The Balaban J connectivity index is 1.98. The van der Waals surface area contributed by atoms with Crippen LogP contribution in [0, 0.1) is 23.2 Å². The zero-order valence-corrected chi connectivity index (χ0v) is 16.2. The van der Waals surface area contributed by atoms with Crippen LogP contribution >= 0.6 is 0 Å². The first-order valence-corrected chi connectivity index (χ1v) is 9.42. The summed E-state index contributed by atoms with van der Waals surface area (Å²) in [4.78, 5) is 41.7. The third-order valence-corrected chi connectivity index (χ3v) is 5.15. The van der Waals surface area contributed by atoms with Gasteiger partial charge in [0.1, 0.15) is 12.1 Å². The minimum Gasteiger partial charge on any atom is -0.480 e. The second-order valence-corrected chi connectivity index (χ2v) is 7.61. The zero-order chi connectivity index (χ0) is 20.1. The summed E-state index contributed by atoms with van der Waals surface area (Å²) < 4.78 is 0. The van der Waals surface area contributed by atoms with Crippen LogP contribution in [0.25, 0.3) is 0 Å². The van der Waals surface area contributed by atoms with Gasteiger partial charge in [-0.3, -0.25) is 24.6 Å². The van der Waals surface area contributed by atoms with Crippen LogP contribution in [0.2, 0.25) is 0 Å². The lowest BCUT2D eigenvalue weighted by molar-refractivity contribution is -0.151. The van der Waals surface area contributed by atoms with Gasteiger partial charge in [-0.25, -0.2) is 0 Å². The molecule has 2 amide bonds. The van der Waals surface area contributed by atoms with Crippen LogP contribution in [0.15, 0.2) is 0 Å². The first-order valence-electron chi connectivity index (χ1n) is 9.42. The van der Waals surface area contributed by atoms with Crippen molar-refractivity contribution in [2.45, 2.75) is 32.9 Å². The molecule has 2 rings (SSSR count). The summed E-state index contributed by atoms with van der Waals surface area (Å²) in [7, 11) is 0. The van der Waals surface area contributed by atoms with E-state index in [-0.39, 0.29) is 36.2 Å². The molecule has 0 aromatic rings. The fourth-order valence-electron chi connectivity index (χ4n) is 3.62. The SMILES string of the molecule is CC(C)C(=O)N1CCN(CC(C)C(=O)N2CCN[C@H](C#N)C2)[C@@H](C(=O)O)C1. The summed E-state index contributed by atoms with van der Waals surface area (Å²) in [6.07, 6.45) is 0. The lowest BCUT2D eigenvalue weighted by Crippen LogP contribution is -2.60.